The molecule has 0 bridgehead atoms. The van der Waals surface area contributed by atoms with Crippen molar-refractivity contribution in [2.45, 2.75) is 46.0 Å². The number of anilines is 1. The van der Waals surface area contributed by atoms with Crippen LogP contribution in [0.25, 0.3) is 0 Å². The molecule has 0 atom stereocenters. The summed E-state index contributed by atoms with van der Waals surface area (Å²) in [6.07, 6.45) is 7.43. The number of hydrogen-bond donors (Lipinski definition) is 2. The van der Waals surface area contributed by atoms with Gasteiger partial charge in [0.15, 0.2) is 0 Å². The van der Waals surface area contributed by atoms with Crippen molar-refractivity contribution >= 4 is 11.6 Å². The lowest BCUT2D eigenvalue weighted by atomic mass is 10.0. The maximum Gasteiger partial charge on any atom is 0.228 e. The third-order valence-electron chi connectivity index (χ3n) is 3.50. The average Bonchev–Trinajstić information content (AvgIpc) is 2.48. The smallest absolute Gasteiger partial charge is 0.228 e. The highest BCUT2D eigenvalue weighted by Gasteiger charge is 2.07. The Labute approximate surface area is 140 Å². The maximum atomic E-state index is 12.2. The first kappa shape index (κ1) is 18.8. The van der Waals surface area contributed by atoms with Crippen molar-refractivity contribution in [1.82, 2.24) is 0 Å². The number of nitrogens with one attached hydrogen (secondary N) is 1. The summed E-state index contributed by atoms with van der Waals surface area (Å²) in [5.41, 5.74) is 9.61. The number of amides is 1. The number of allylic oxidation sites excluding steroid dienone is 3. The van der Waals surface area contributed by atoms with Crippen LogP contribution in [0, 0.1) is 0 Å². The minimum Gasteiger partial charge on any atom is -0.399 e. The molecule has 0 aliphatic carbocycles. The monoisotopic (exact) mass is 312 g/mol. The van der Waals surface area contributed by atoms with Gasteiger partial charge in [-0.05, 0) is 42.2 Å². The van der Waals surface area contributed by atoms with E-state index in [0.717, 1.165) is 24.1 Å². The molecule has 23 heavy (non-hydrogen) atoms. The van der Waals surface area contributed by atoms with Gasteiger partial charge in [-0.3, -0.25) is 4.79 Å². The van der Waals surface area contributed by atoms with Crippen LogP contribution in [0.3, 0.4) is 0 Å². The van der Waals surface area contributed by atoms with Gasteiger partial charge in [0.05, 0.1) is 0 Å². The zero-order chi connectivity index (χ0) is 17.2. The van der Waals surface area contributed by atoms with Gasteiger partial charge in [0.2, 0.25) is 5.91 Å². The Morgan fingerprint density at radius 2 is 1.96 bits per heavy atom. The molecule has 1 rings (SSSR count). The minimum atomic E-state index is -0.0200. The number of hydrogen-bond acceptors (Lipinski definition) is 2. The van der Waals surface area contributed by atoms with Crippen molar-refractivity contribution in [3.05, 3.63) is 65.9 Å². The van der Waals surface area contributed by atoms with E-state index in [1.165, 1.54) is 5.56 Å². The quantitative estimate of drug-likeness (QED) is 0.671. The molecular weight excluding hydrogens is 284 g/mol. The van der Waals surface area contributed by atoms with Crippen LogP contribution < -0.4 is 11.1 Å². The first-order chi connectivity index (χ1) is 11.0. The molecule has 0 fully saturated rings. The van der Waals surface area contributed by atoms with E-state index >= 15 is 0 Å². The summed E-state index contributed by atoms with van der Waals surface area (Å²) >= 11 is 0. The van der Waals surface area contributed by atoms with Crippen LogP contribution in [-0.4, -0.2) is 5.91 Å². The standard InChI is InChI=1S/C20H28N2O/c1-5-7-16(13-18(21)8-6-2)14-20(23)22-19-11-9-17(10-12-19)15(3)4/h6,8-13,15H,2,5,7,14,21H2,1,3-4H3,(H,22,23)/b16-13-,18-8+. The highest BCUT2D eigenvalue weighted by molar-refractivity contribution is 5.92. The molecule has 0 saturated heterocycles. The Bertz CT molecular complexity index is 580. The van der Waals surface area contributed by atoms with E-state index in [9.17, 15) is 4.79 Å². The molecule has 1 aromatic rings. The largest absolute Gasteiger partial charge is 0.399 e. The van der Waals surface area contributed by atoms with Gasteiger partial charge >= 0.3 is 0 Å². The van der Waals surface area contributed by atoms with Crippen molar-refractivity contribution < 1.29 is 4.79 Å². The number of carbonyl (C=O) groups is 1. The lowest BCUT2D eigenvalue weighted by Gasteiger charge is -2.10. The van der Waals surface area contributed by atoms with Crippen molar-refractivity contribution in [3.63, 3.8) is 0 Å². The fourth-order valence-corrected chi connectivity index (χ4v) is 2.32. The number of benzene rings is 1. The van der Waals surface area contributed by atoms with E-state index in [4.69, 9.17) is 5.73 Å². The first-order valence-electron chi connectivity index (χ1n) is 8.13. The molecule has 0 unspecified atom stereocenters. The predicted octanol–water partition coefficient (Wildman–Crippen LogP) is 4.89. The molecule has 1 aromatic carbocycles. The third-order valence-corrected chi connectivity index (χ3v) is 3.50. The zero-order valence-corrected chi connectivity index (χ0v) is 14.4. The average molecular weight is 312 g/mol. The summed E-state index contributed by atoms with van der Waals surface area (Å²) in [6, 6.07) is 7.99. The van der Waals surface area contributed by atoms with Crippen molar-refractivity contribution in [2.75, 3.05) is 5.32 Å². The SMILES string of the molecule is C=C/C=C(N)\C=C(\CCC)CC(=O)Nc1ccc(C(C)C)cc1. The molecule has 3 N–H and O–H groups in total. The molecule has 0 aliphatic heterocycles. The van der Waals surface area contributed by atoms with Gasteiger partial charge in [0.25, 0.3) is 0 Å². The zero-order valence-electron chi connectivity index (χ0n) is 14.4. The molecule has 0 heterocycles. The van der Waals surface area contributed by atoms with E-state index in [0.29, 0.717) is 18.0 Å². The molecule has 124 valence electrons. The molecule has 3 heteroatoms. The van der Waals surface area contributed by atoms with Crippen LogP contribution in [0.4, 0.5) is 5.69 Å². The summed E-state index contributed by atoms with van der Waals surface area (Å²) in [5.74, 6) is 0.465. The van der Waals surface area contributed by atoms with Crippen molar-refractivity contribution in [1.29, 1.82) is 0 Å². The second-order valence-corrected chi connectivity index (χ2v) is 5.96. The normalized spacial score (nSPS) is 12.3. The number of nitrogens with two attached hydrogens (primary N) is 1. The Morgan fingerprint density at radius 3 is 2.48 bits per heavy atom. The van der Waals surface area contributed by atoms with E-state index in [-0.39, 0.29) is 5.91 Å². The molecule has 1 amide bonds. The molecule has 0 saturated carbocycles. The van der Waals surface area contributed by atoms with Gasteiger partial charge in [0, 0.05) is 17.8 Å². The molecule has 3 nitrogen and oxygen atoms in total. The van der Waals surface area contributed by atoms with Crippen LogP contribution >= 0.6 is 0 Å². The molecule has 0 spiro atoms. The highest BCUT2D eigenvalue weighted by atomic mass is 16.1. The summed E-state index contributed by atoms with van der Waals surface area (Å²) in [4.78, 5) is 12.2. The number of rotatable bonds is 8. The van der Waals surface area contributed by atoms with Gasteiger partial charge in [0.1, 0.15) is 0 Å². The minimum absolute atomic E-state index is 0.0200. The van der Waals surface area contributed by atoms with Gasteiger partial charge in [-0.15, -0.1) is 0 Å². The van der Waals surface area contributed by atoms with E-state index in [1.807, 2.05) is 30.3 Å². The Kier molecular flexibility index (Phi) is 7.89. The van der Waals surface area contributed by atoms with Crippen molar-refractivity contribution in [2.24, 2.45) is 5.73 Å². The summed E-state index contributed by atoms with van der Waals surface area (Å²) < 4.78 is 0. The predicted molar refractivity (Wildman–Crippen MR) is 99.2 cm³/mol. The number of carbonyl (C=O) groups excluding carboxylic acids is 1. The molecule has 0 aliphatic rings. The maximum absolute atomic E-state index is 12.2. The van der Waals surface area contributed by atoms with Gasteiger partial charge in [-0.2, -0.15) is 0 Å². The fraction of sp³-hybridized carbons (Fsp3) is 0.350. The summed E-state index contributed by atoms with van der Waals surface area (Å²) in [6.45, 7) is 10.0. The Morgan fingerprint density at radius 1 is 1.30 bits per heavy atom. The summed E-state index contributed by atoms with van der Waals surface area (Å²) in [7, 11) is 0. The Balaban J connectivity index is 2.72. The molecular formula is C20H28N2O. The van der Waals surface area contributed by atoms with Crippen LogP contribution in [0.2, 0.25) is 0 Å². The highest BCUT2D eigenvalue weighted by Crippen LogP contribution is 2.18. The fourth-order valence-electron chi connectivity index (χ4n) is 2.32. The molecule has 0 aromatic heterocycles. The molecule has 0 radical (unpaired) electrons. The van der Waals surface area contributed by atoms with Crippen LogP contribution in [0.5, 0.6) is 0 Å². The van der Waals surface area contributed by atoms with Gasteiger partial charge in [-0.1, -0.05) is 57.6 Å². The Hall–Kier alpha value is -2.29. The van der Waals surface area contributed by atoms with Gasteiger partial charge < -0.3 is 11.1 Å². The topological polar surface area (TPSA) is 55.1 Å². The first-order valence-corrected chi connectivity index (χ1v) is 8.13. The van der Waals surface area contributed by atoms with E-state index < -0.39 is 0 Å². The summed E-state index contributed by atoms with van der Waals surface area (Å²) in [5, 5.41) is 2.94. The van der Waals surface area contributed by atoms with Crippen LogP contribution in [0.1, 0.15) is 51.5 Å². The lowest BCUT2D eigenvalue weighted by molar-refractivity contribution is -0.115. The van der Waals surface area contributed by atoms with Crippen LogP contribution in [-0.2, 0) is 4.79 Å². The lowest BCUT2D eigenvalue weighted by Crippen LogP contribution is -2.12. The van der Waals surface area contributed by atoms with Crippen molar-refractivity contribution in [3.8, 4) is 0 Å². The van der Waals surface area contributed by atoms with Gasteiger partial charge in [-0.25, -0.2) is 0 Å². The second-order valence-electron chi connectivity index (χ2n) is 5.96. The van der Waals surface area contributed by atoms with Crippen LogP contribution in [0.15, 0.2) is 60.3 Å². The van der Waals surface area contributed by atoms with E-state index in [2.05, 4.69) is 32.7 Å². The second kappa shape index (κ2) is 9.67. The third kappa shape index (κ3) is 7.00. The van der Waals surface area contributed by atoms with E-state index in [1.54, 1.807) is 12.2 Å².